The van der Waals surface area contributed by atoms with Gasteiger partial charge in [-0.15, -0.1) is 0 Å². The Morgan fingerprint density at radius 3 is 2.70 bits per heavy atom. The summed E-state index contributed by atoms with van der Waals surface area (Å²) in [6, 6.07) is 10.1. The summed E-state index contributed by atoms with van der Waals surface area (Å²) in [5.74, 6) is 1.15. The fourth-order valence-corrected chi connectivity index (χ4v) is 4.22. The topological polar surface area (TPSA) is 73.8 Å². The summed E-state index contributed by atoms with van der Waals surface area (Å²) >= 11 is 0. The van der Waals surface area contributed by atoms with Crippen LogP contribution in [-0.4, -0.2) is 58.6 Å². The molecular formula is C16H26N4O2S. The Labute approximate surface area is 138 Å². The Balaban J connectivity index is 1.86. The van der Waals surface area contributed by atoms with Crippen LogP contribution >= 0.6 is 0 Å². The van der Waals surface area contributed by atoms with Crippen molar-refractivity contribution in [3.8, 4) is 0 Å². The van der Waals surface area contributed by atoms with Crippen molar-refractivity contribution < 1.29 is 8.42 Å². The van der Waals surface area contributed by atoms with Gasteiger partial charge < -0.3 is 15.5 Å². The maximum absolute atomic E-state index is 11.5. The van der Waals surface area contributed by atoms with E-state index in [1.807, 2.05) is 32.2 Å². The van der Waals surface area contributed by atoms with Crippen molar-refractivity contribution in [2.45, 2.75) is 19.4 Å². The third kappa shape index (κ3) is 5.74. The Bertz CT molecular complexity index is 616. The molecule has 1 unspecified atom stereocenters. The summed E-state index contributed by atoms with van der Waals surface area (Å²) in [5.41, 5.74) is 1.16. The zero-order valence-corrected chi connectivity index (χ0v) is 14.6. The lowest BCUT2D eigenvalue weighted by molar-refractivity contribution is 0.599. The van der Waals surface area contributed by atoms with Gasteiger partial charge in [0.05, 0.1) is 18.1 Å². The number of nitrogens with zero attached hydrogens (tertiary/aromatic N) is 2. The van der Waals surface area contributed by atoms with Crippen molar-refractivity contribution >= 4 is 21.5 Å². The highest BCUT2D eigenvalue weighted by atomic mass is 32.2. The van der Waals surface area contributed by atoms with Crippen molar-refractivity contribution in [3.63, 3.8) is 0 Å². The summed E-state index contributed by atoms with van der Waals surface area (Å²) in [5, 5.41) is 6.40. The van der Waals surface area contributed by atoms with Crippen molar-refractivity contribution in [1.82, 2.24) is 10.6 Å². The van der Waals surface area contributed by atoms with Crippen LogP contribution in [0.1, 0.15) is 13.3 Å². The van der Waals surface area contributed by atoms with Gasteiger partial charge >= 0.3 is 0 Å². The lowest BCUT2D eigenvalue weighted by Gasteiger charge is -2.19. The smallest absolute Gasteiger partial charge is 0.191 e. The second-order valence-corrected chi connectivity index (χ2v) is 7.99. The van der Waals surface area contributed by atoms with Gasteiger partial charge in [0.15, 0.2) is 15.8 Å². The van der Waals surface area contributed by atoms with Gasteiger partial charge in [0, 0.05) is 31.9 Å². The van der Waals surface area contributed by atoms with Crippen LogP contribution in [0, 0.1) is 0 Å². The first-order chi connectivity index (χ1) is 11.0. The highest BCUT2D eigenvalue weighted by Gasteiger charge is 2.28. The Morgan fingerprint density at radius 1 is 1.35 bits per heavy atom. The van der Waals surface area contributed by atoms with Gasteiger partial charge in [0.2, 0.25) is 0 Å². The van der Waals surface area contributed by atoms with E-state index in [4.69, 9.17) is 0 Å². The minimum absolute atomic E-state index is 0.0374. The monoisotopic (exact) mass is 338 g/mol. The highest BCUT2D eigenvalue weighted by Crippen LogP contribution is 2.11. The van der Waals surface area contributed by atoms with Crippen molar-refractivity contribution in [3.05, 3.63) is 30.3 Å². The molecule has 128 valence electrons. The van der Waals surface area contributed by atoms with Crippen LogP contribution < -0.4 is 15.5 Å². The maximum atomic E-state index is 11.5. The molecule has 1 aromatic rings. The van der Waals surface area contributed by atoms with Crippen LogP contribution in [0.2, 0.25) is 0 Å². The van der Waals surface area contributed by atoms with E-state index in [2.05, 4.69) is 32.7 Å². The molecule has 1 aromatic carbocycles. The molecule has 0 bridgehead atoms. The van der Waals surface area contributed by atoms with Crippen LogP contribution in [0.5, 0.6) is 0 Å². The predicted octanol–water partition coefficient (Wildman–Crippen LogP) is 0.865. The number of hydrogen-bond acceptors (Lipinski definition) is 4. The molecule has 1 aliphatic heterocycles. The van der Waals surface area contributed by atoms with E-state index in [1.165, 1.54) is 0 Å². The van der Waals surface area contributed by atoms with Gasteiger partial charge in [-0.2, -0.15) is 0 Å². The second-order valence-electron chi connectivity index (χ2n) is 5.76. The van der Waals surface area contributed by atoms with E-state index >= 15 is 0 Å². The minimum atomic E-state index is -2.88. The number of anilines is 1. The third-order valence-electron chi connectivity index (χ3n) is 3.82. The number of benzene rings is 1. The van der Waals surface area contributed by atoms with E-state index < -0.39 is 9.84 Å². The number of guanidine groups is 1. The zero-order chi connectivity index (χ0) is 16.7. The first-order valence-electron chi connectivity index (χ1n) is 8.01. The second kappa shape index (κ2) is 8.19. The van der Waals surface area contributed by atoms with Gasteiger partial charge in [-0.25, -0.2) is 8.42 Å². The Morgan fingerprint density at radius 2 is 2.09 bits per heavy atom. The van der Waals surface area contributed by atoms with E-state index in [-0.39, 0.29) is 17.5 Å². The van der Waals surface area contributed by atoms with Crippen molar-refractivity contribution in [1.29, 1.82) is 0 Å². The zero-order valence-electron chi connectivity index (χ0n) is 13.8. The molecule has 1 atom stereocenters. The fourth-order valence-electron chi connectivity index (χ4n) is 2.55. The molecule has 0 radical (unpaired) electrons. The molecule has 23 heavy (non-hydrogen) atoms. The van der Waals surface area contributed by atoms with E-state index in [0.717, 1.165) is 18.8 Å². The van der Waals surface area contributed by atoms with Crippen LogP contribution in [0.15, 0.2) is 35.3 Å². The van der Waals surface area contributed by atoms with Gasteiger partial charge in [-0.1, -0.05) is 18.2 Å². The average Bonchev–Trinajstić information content (AvgIpc) is 2.87. The molecular weight excluding hydrogens is 312 g/mol. The summed E-state index contributed by atoms with van der Waals surface area (Å²) < 4.78 is 23.1. The average molecular weight is 338 g/mol. The number of para-hydroxylation sites is 1. The first-order valence-corrected chi connectivity index (χ1v) is 9.84. The van der Waals surface area contributed by atoms with Crippen LogP contribution in [0.4, 0.5) is 5.69 Å². The summed E-state index contributed by atoms with van der Waals surface area (Å²) in [6.45, 7) is 4.18. The normalized spacial score (nSPS) is 20.3. The summed E-state index contributed by atoms with van der Waals surface area (Å²) in [7, 11) is -0.843. The number of rotatable bonds is 6. The number of likely N-dealkylation sites (N-methyl/N-ethyl adjacent to an activating group) is 1. The molecule has 0 spiro atoms. The molecule has 2 N–H and O–H groups in total. The molecule has 1 fully saturated rings. The molecule has 2 rings (SSSR count). The van der Waals surface area contributed by atoms with Crippen molar-refractivity contribution in [2.75, 3.05) is 43.1 Å². The molecule has 0 aromatic heterocycles. The molecule has 1 heterocycles. The van der Waals surface area contributed by atoms with E-state index in [1.54, 1.807) is 0 Å². The Kier molecular flexibility index (Phi) is 6.27. The van der Waals surface area contributed by atoms with Crippen LogP contribution in [-0.2, 0) is 9.84 Å². The van der Waals surface area contributed by atoms with Crippen LogP contribution in [0.25, 0.3) is 0 Å². The summed E-state index contributed by atoms with van der Waals surface area (Å²) in [4.78, 5) is 6.69. The largest absolute Gasteiger partial charge is 0.373 e. The summed E-state index contributed by atoms with van der Waals surface area (Å²) in [6.07, 6.45) is 0.649. The first kappa shape index (κ1) is 17.6. The maximum Gasteiger partial charge on any atom is 0.191 e. The molecule has 1 aliphatic rings. The van der Waals surface area contributed by atoms with E-state index in [9.17, 15) is 8.42 Å². The lowest BCUT2D eigenvalue weighted by atomic mass is 10.3. The standard InChI is InChI=1S/C16H26N4O2S/c1-3-17-16(19-14-9-12-23(21,22)13-14)18-10-11-20(2)15-7-5-4-6-8-15/h4-8,14H,3,9-13H2,1-2H3,(H2,17,18,19). The van der Waals surface area contributed by atoms with E-state index in [0.29, 0.717) is 18.9 Å². The quantitative estimate of drug-likeness (QED) is 0.595. The van der Waals surface area contributed by atoms with Gasteiger partial charge in [-0.05, 0) is 25.5 Å². The fraction of sp³-hybridized carbons (Fsp3) is 0.562. The van der Waals surface area contributed by atoms with Crippen LogP contribution in [0.3, 0.4) is 0 Å². The van der Waals surface area contributed by atoms with Gasteiger partial charge in [0.1, 0.15) is 0 Å². The predicted molar refractivity (Wildman–Crippen MR) is 95.9 cm³/mol. The molecule has 0 amide bonds. The van der Waals surface area contributed by atoms with Gasteiger partial charge in [0.25, 0.3) is 0 Å². The van der Waals surface area contributed by atoms with Crippen molar-refractivity contribution in [2.24, 2.45) is 4.99 Å². The Hall–Kier alpha value is -1.76. The molecule has 0 aliphatic carbocycles. The van der Waals surface area contributed by atoms with Gasteiger partial charge in [-0.3, -0.25) is 4.99 Å². The number of aliphatic imine (C=N–C) groups is 1. The molecule has 7 heteroatoms. The number of sulfone groups is 1. The SMILES string of the molecule is CCNC(=NCCN(C)c1ccccc1)NC1CCS(=O)(=O)C1. The number of hydrogen-bond donors (Lipinski definition) is 2. The highest BCUT2D eigenvalue weighted by molar-refractivity contribution is 7.91. The third-order valence-corrected chi connectivity index (χ3v) is 5.59. The molecule has 6 nitrogen and oxygen atoms in total. The molecule has 1 saturated heterocycles. The minimum Gasteiger partial charge on any atom is -0.373 e. The number of nitrogens with one attached hydrogen (secondary N) is 2. The molecule has 0 saturated carbocycles. The lowest BCUT2D eigenvalue weighted by Crippen LogP contribution is -2.44.